The minimum atomic E-state index is -1.04. The Morgan fingerprint density at radius 1 is 1.19 bits per heavy atom. The number of carbonyl (C=O) groups is 3. The van der Waals surface area contributed by atoms with Crippen molar-refractivity contribution in [2.75, 3.05) is 39.0 Å². The number of hydrogen-bond donors (Lipinski definition) is 1. The minimum absolute atomic E-state index is 0.00922. The molecule has 31 heavy (non-hydrogen) atoms. The predicted octanol–water partition coefficient (Wildman–Crippen LogP) is 2.53. The first-order valence-corrected chi connectivity index (χ1v) is 11.5. The summed E-state index contributed by atoms with van der Waals surface area (Å²) in [4.78, 5) is 43.0. The summed E-state index contributed by atoms with van der Waals surface area (Å²) in [7, 11) is 1.47. The van der Waals surface area contributed by atoms with E-state index in [-0.39, 0.29) is 17.9 Å². The largest absolute Gasteiger partial charge is 0.431 e. The van der Waals surface area contributed by atoms with Crippen molar-refractivity contribution in [1.82, 2.24) is 14.7 Å². The molecule has 1 aromatic carbocycles. The summed E-state index contributed by atoms with van der Waals surface area (Å²) in [6, 6.07) is 8.08. The minimum Gasteiger partial charge on any atom is -0.431 e. The second kappa shape index (κ2) is 7.49. The van der Waals surface area contributed by atoms with Crippen LogP contribution in [0.5, 0.6) is 0 Å². The number of likely N-dealkylation sites (N-methyl/N-ethyl adjacent to an activating group) is 1. The van der Waals surface area contributed by atoms with Crippen molar-refractivity contribution in [3.05, 3.63) is 29.8 Å². The fourth-order valence-corrected chi connectivity index (χ4v) is 6.13. The number of nitrogens with zero attached hydrogens (tertiary/aromatic N) is 3. The van der Waals surface area contributed by atoms with Crippen LogP contribution in [-0.4, -0.2) is 77.5 Å². The number of fused-ring (bicyclic) bond motifs is 1. The van der Waals surface area contributed by atoms with Crippen LogP contribution in [0.4, 0.5) is 9.80 Å². The molecule has 0 aliphatic carbocycles. The van der Waals surface area contributed by atoms with E-state index in [4.69, 9.17) is 10.5 Å². The number of anilines is 1. The molecule has 1 aromatic heterocycles. The first-order valence-electron chi connectivity index (χ1n) is 10.7. The third kappa shape index (κ3) is 3.27. The highest BCUT2D eigenvalue weighted by Crippen LogP contribution is 2.36. The predicted molar refractivity (Wildman–Crippen MR) is 118 cm³/mol. The average molecular weight is 443 g/mol. The van der Waals surface area contributed by atoms with Gasteiger partial charge in [-0.05, 0) is 38.3 Å². The molecular weight excluding hydrogens is 416 g/mol. The Hall–Kier alpha value is -2.65. The summed E-state index contributed by atoms with van der Waals surface area (Å²) in [5, 5.41) is 1.48. The summed E-state index contributed by atoms with van der Waals surface area (Å²) in [6.45, 7) is 2.59. The smallest absolute Gasteiger partial charge is 0.417 e. The Kier molecular flexibility index (Phi) is 4.90. The van der Waals surface area contributed by atoms with Crippen molar-refractivity contribution in [3.8, 4) is 0 Å². The third-order valence-electron chi connectivity index (χ3n) is 6.84. The van der Waals surface area contributed by atoms with E-state index in [0.717, 1.165) is 40.8 Å². The maximum absolute atomic E-state index is 13.2. The molecule has 0 bridgehead atoms. The SMILES string of the molecule is CN1C(=O)OC2(CCCN(C3CCN(C(=O)c4c(N)sc5ccccc45)CC3)C2)C1=O. The highest BCUT2D eigenvalue weighted by molar-refractivity contribution is 7.23. The first-order chi connectivity index (χ1) is 14.9. The number of nitrogen functional groups attached to an aromatic ring is 1. The van der Waals surface area contributed by atoms with E-state index in [1.54, 1.807) is 0 Å². The molecular formula is C22H26N4O4S. The van der Waals surface area contributed by atoms with Crippen LogP contribution in [0.2, 0.25) is 0 Å². The number of nitrogens with two attached hydrogens (primary N) is 1. The molecule has 9 heteroatoms. The van der Waals surface area contributed by atoms with Crippen molar-refractivity contribution in [2.24, 2.45) is 0 Å². The second-order valence-corrected chi connectivity index (χ2v) is 9.75. The fraction of sp³-hybridized carbons (Fsp3) is 0.500. The van der Waals surface area contributed by atoms with Gasteiger partial charge in [0.15, 0.2) is 0 Å². The molecule has 0 radical (unpaired) electrons. The monoisotopic (exact) mass is 442 g/mol. The molecule has 3 aliphatic heterocycles. The van der Waals surface area contributed by atoms with Crippen LogP contribution in [0, 0.1) is 0 Å². The number of hydrogen-bond acceptors (Lipinski definition) is 7. The molecule has 2 aromatic rings. The molecule has 2 N–H and O–H groups in total. The molecule has 3 aliphatic rings. The molecule has 1 atom stereocenters. The zero-order valence-electron chi connectivity index (χ0n) is 17.5. The lowest BCUT2D eigenvalue weighted by atomic mass is 9.89. The Morgan fingerprint density at radius 2 is 1.94 bits per heavy atom. The van der Waals surface area contributed by atoms with Gasteiger partial charge in [0.05, 0.1) is 10.6 Å². The van der Waals surface area contributed by atoms with Gasteiger partial charge in [0.25, 0.3) is 11.8 Å². The van der Waals surface area contributed by atoms with Crippen molar-refractivity contribution in [3.63, 3.8) is 0 Å². The number of thiophene rings is 1. The summed E-state index contributed by atoms with van der Waals surface area (Å²) in [5.74, 6) is -0.250. The lowest BCUT2D eigenvalue weighted by molar-refractivity contribution is -0.141. The fourth-order valence-electron chi connectivity index (χ4n) is 5.17. The van der Waals surface area contributed by atoms with E-state index >= 15 is 0 Å². The van der Waals surface area contributed by atoms with Crippen LogP contribution in [0.3, 0.4) is 0 Å². The zero-order chi connectivity index (χ0) is 21.8. The van der Waals surface area contributed by atoms with E-state index in [1.165, 1.54) is 18.4 Å². The standard InChI is InChI=1S/C22H26N4O4S/c1-24-20(28)22(30-21(24)29)9-4-10-26(13-22)14-7-11-25(12-8-14)19(27)17-15-5-2-3-6-16(15)31-18(17)23/h2-3,5-6,14H,4,7-13,23H2,1H3. The highest BCUT2D eigenvalue weighted by Gasteiger charge is 2.55. The number of piperidine rings is 2. The van der Waals surface area contributed by atoms with Crippen LogP contribution in [0.1, 0.15) is 36.0 Å². The van der Waals surface area contributed by atoms with Crippen LogP contribution < -0.4 is 5.73 Å². The van der Waals surface area contributed by atoms with E-state index in [2.05, 4.69) is 4.90 Å². The topological polar surface area (TPSA) is 96.2 Å². The maximum atomic E-state index is 13.2. The number of imide groups is 1. The number of rotatable bonds is 2. The van der Waals surface area contributed by atoms with E-state index < -0.39 is 11.7 Å². The first kappa shape index (κ1) is 20.3. The Bertz CT molecular complexity index is 1060. The van der Waals surface area contributed by atoms with Gasteiger partial charge in [-0.3, -0.25) is 14.5 Å². The average Bonchev–Trinajstić information content (AvgIpc) is 3.22. The second-order valence-electron chi connectivity index (χ2n) is 8.66. The lowest BCUT2D eigenvalue weighted by Crippen LogP contribution is -2.57. The van der Waals surface area contributed by atoms with Gasteiger partial charge >= 0.3 is 6.09 Å². The molecule has 164 valence electrons. The van der Waals surface area contributed by atoms with Crippen LogP contribution in [-0.2, 0) is 9.53 Å². The van der Waals surface area contributed by atoms with Gasteiger partial charge in [0.2, 0.25) is 5.60 Å². The Balaban J connectivity index is 1.26. The molecule has 3 saturated heterocycles. The van der Waals surface area contributed by atoms with E-state index in [1.807, 2.05) is 29.2 Å². The quantitative estimate of drug-likeness (QED) is 0.768. The highest BCUT2D eigenvalue weighted by atomic mass is 32.1. The molecule has 0 saturated carbocycles. The lowest BCUT2D eigenvalue weighted by Gasteiger charge is -2.44. The molecule has 8 nitrogen and oxygen atoms in total. The molecule has 1 unspecified atom stereocenters. The summed E-state index contributed by atoms with van der Waals surface area (Å²) in [6.07, 6.45) is 2.46. The zero-order valence-corrected chi connectivity index (χ0v) is 18.3. The summed E-state index contributed by atoms with van der Waals surface area (Å²) >= 11 is 1.45. The summed E-state index contributed by atoms with van der Waals surface area (Å²) < 4.78 is 6.54. The maximum Gasteiger partial charge on any atom is 0.417 e. The Morgan fingerprint density at radius 3 is 2.65 bits per heavy atom. The van der Waals surface area contributed by atoms with E-state index in [0.29, 0.717) is 36.6 Å². The molecule has 1 spiro atoms. The number of likely N-dealkylation sites (tertiary alicyclic amines) is 2. The van der Waals surface area contributed by atoms with Crippen molar-refractivity contribution >= 4 is 44.3 Å². The van der Waals surface area contributed by atoms with Gasteiger partial charge in [0.1, 0.15) is 0 Å². The van der Waals surface area contributed by atoms with Gasteiger partial charge in [-0.15, -0.1) is 11.3 Å². The third-order valence-corrected chi connectivity index (χ3v) is 7.84. The van der Waals surface area contributed by atoms with Crippen molar-refractivity contribution < 1.29 is 19.1 Å². The van der Waals surface area contributed by atoms with Crippen molar-refractivity contribution in [2.45, 2.75) is 37.3 Å². The van der Waals surface area contributed by atoms with Crippen LogP contribution in [0.25, 0.3) is 10.1 Å². The Labute approximate surface area is 184 Å². The number of amides is 3. The van der Waals surface area contributed by atoms with Crippen molar-refractivity contribution in [1.29, 1.82) is 0 Å². The van der Waals surface area contributed by atoms with Gasteiger partial charge in [-0.25, -0.2) is 9.69 Å². The molecule has 4 heterocycles. The van der Waals surface area contributed by atoms with Crippen LogP contribution >= 0.6 is 11.3 Å². The van der Waals surface area contributed by atoms with Gasteiger partial charge in [0, 0.05) is 42.8 Å². The van der Waals surface area contributed by atoms with Gasteiger partial charge < -0.3 is 15.4 Å². The normalized spacial score (nSPS) is 25.6. The molecule has 3 amide bonds. The summed E-state index contributed by atoms with van der Waals surface area (Å²) in [5.41, 5.74) is 5.77. The van der Waals surface area contributed by atoms with E-state index in [9.17, 15) is 14.4 Å². The number of carbonyl (C=O) groups excluding carboxylic acids is 3. The van der Waals surface area contributed by atoms with Gasteiger partial charge in [-0.2, -0.15) is 0 Å². The van der Waals surface area contributed by atoms with Crippen LogP contribution in [0.15, 0.2) is 24.3 Å². The molecule has 5 rings (SSSR count). The number of benzene rings is 1. The van der Waals surface area contributed by atoms with Gasteiger partial charge in [-0.1, -0.05) is 18.2 Å². The molecule has 3 fully saturated rings. The number of ether oxygens (including phenoxy) is 1.